The molecule has 178 valence electrons. The summed E-state index contributed by atoms with van der Waals surface area (Å²) >= 11 is 0. The highest BCUT2D eigenvalue weighted by atomic mass is 16.5. The summed E-state index contributed by atoms with van der Waals surface area (Å²) in [5.41, 5.74) is 2.82. The summed E-state index contributed by atoms with van der Waals surface area (Å²) in [6.07, 6.45) is 12.6. The van der Waals surface area contributed by atoms with Gasteiger partial charge in [-0.25, -0.2) is 0 Å². The Hall–Kier alpha value is -3.06. The van der Waals surface area contributed by atoms with Gasteiger partial charge in [-0.05, 0) is 67.0 Å². The Kier molecular flexibility index (Phi) is 8.41. The van der Waals surface area contributed by atoms with E-state index in [1.165, 1.54) is 38.5 Å². The van der Waals surface area contributed by atoms with Crippen LogP contribution >= 0.6 is 0 Å². The van der Waals surface area contributed by atoms with Crippen LogP contribution in [0, 0.1) is 23.2 Å². The fourth-order valence-corrected chi connectivity index (χ4v) is 5.52. The number of carbonyl (C=O) groups is 1. The minimum atomic E-state index is 0.0412. The largest absolute Gasteiger partial charge is 0.491 e. The number of carbonyl (C=O) groups excluding carboxylic acids is 1. The molecular weight excluding hydrogens is 420 g/mol. The van der Waals surface area contributed by atoms with E-state index < -0.39 is 0 Å². The molecule has 4 heteroatoms. The topological polar surface area (TPSA) is 53.3 Å². The lowest BCUT2D eigenvalue weighted by Crippen LogP contribution is -2.38. The number of allylic oxidation sites excluding steroid dienone is 1. The van der Waals surface area contributed by atoms with Crippen LogP contribution < -0.4 is 4.74 Å². The van der Waals surface area contributed by atoms with Gasteiger partial charge in [-0.3, -0.25) is 4.79 Å². The average molecular weight is 457 g/mol. The number of nitrogens with zero attached hydrogens (tertiary/aromatic N) is 2. The normalized spacial score (nSPS) is 20.8. The number of nitriles is 1. The van der Waals surface area contributed by atoms with Gasteiger partial charge < -0.3 is 9.64 Å². The van der Waals surface area contributed by atoms with Crippen molar-refractivity contribution in [3.8, 4) is 22.9 Å². The van der Waals surface area contributed by atoms with Crippen LogP contribution in [0.3, 0.4) is 0 Å². The van der Waals surface area contributed by atoms with Crippen molar-refractivity contribution in [3.05, 3.63) is 66.7 Å². The number of benzene rings is 2. The van der Waals surface area contributed by atoms with Crippen molar-refractivity contribution in [1.29, 1.82) is 5.26 Å². The monoisotopic (exact) mass is 456 g/mol. The summed E-state index contributed by atoms with van der Waals surface area (Å²) in [4.78, 5) is 15.1. The molecule has 1 heterocycles. The molecule has 2 fully saturated rings. The number of amides is 1. The van der Waals surface area contributed by atoms with Gasteiger partial charge in [0, 0.05) is 12.5 Å². The Morgan fingerprint density at radius 2 is 1.71 bits per heavy atom. The zero-order chi connectivity index (χ0) is 23.8. The van der Waals surface area contributed by atoms with E-state index in [4.69, 9.17) is 10.00 Å². The van der Waals surface area contributed by atoms with Crippen molar-refractivity contribution in [1.82, 2.24) is 4.90 Å². The molecular formula is C30H36N2O2. The highest BCUT2D eigenvalue weighted by molar-refractivity contribution is 5.81. The fourth-order valence-electron chi connectivity index (χ4n) is 5.52. The van der Waals surface area contributed by atoms with Gasteiger partial charge in [0.1, 0.15) is 12.4 Å². The Morgan fingerprint density at radius 1 is 1.03 bits per heavy atom. The van der Waals surface area contributed by atoms with Crippen molar-refractivity contribution in [2.24, 2.45) is 11.8 Å². The average Bonchev–Trinajstić information content (AvgIpc) is 3.18. The zero-order valence-corrected chi connectivity index (χ0v) is 20.1. The lowest BCUT2D eigenvalue weighted by atomic mass is 9.86. The van der Waals surface area contributed by atoms with E-state index >= 15 is 0 Å². The van der Waals surface area contributed by atoms with Crippen molar-refractivity contribution in [2.45, 2.75) is 63.8 Å². The SMILES string of the molecule is C=CC[C@@H]1C[C@@H](COc2ccc(-c3ccc(C#N)cc3)cc2)N(CCCC2CCCCC2)C1=O. The summed E-state index contributed by atoms with van der Waals surface area (Å²) in [5, 5.41) is 8.98. The summed E-state index contributed by atoms with van der Waals surface area (Å²) in [7, 11) is 0. The molecule has 34 heavy (non-hydrogen) atoms. The second-order valence-electron chi connectivity index (χ2n) is 9.81. The maximum absolute atomic E-state index is 13.0. The Morgan fingerprint density at radius 3 is 2.35 bits per heavy atom. The van der Waals surface area contributed by atoms with Crippen LogP contribution in [0.1, 0.15) is 63.4 Å². The Balaban J connectivity index is 1.33. The molecule has 1 saturated carbocycles. The second-order valence-corrected chi connectivity index (χ2v) is 9.81. The van der Waals surface area contributed by atoms with Gasteiger partial charge >= 0.3 is 0 Å². The van der Waals surface area contributed by atoms with Gasteiger partial charge in [0.2, 0.25) is 5.91 Å². The van der Waals surface area contributed by atoms with Gasteiger partial charge in [0.05, 0.1) is 17.7 Å². The molecule has 1 saturated heterocycles. The second kappa shape index (κ2) is 11.9. The van der Waals surface area contributed by atoms with Gasteiger partial charge in [-0.15, -0.1) is 6.58 Å². The molecule has 4 nitrogen and oxygen atoms in total. The third kappa shape index (κ3) is 6.08. The summed E-state index contributed by atoms with van der Waals surface area (Å²) in [6.45, 7) is 5.22. The van der Waals surface area contributed by atoms with E-state index in [0.29, 0.717) is 12.2 Å². The molecule has 1 aliphatic carbocycles. The van der Waals surface area contributed by atoms with Crippen LogP contribution in [0.15, 0.2) is 61.2 Å². The minimum absolute atomic E-state index is 0.0412. The van der Waals surface area contributed by atoms with Gasteiger partial charge in [0.15, 0.2) is 0 Å². The molecule has 2 aliphatic rings. The maximum Gasteiger partial charge on any atom is 0.226 e. The lowest BCUT2D eigenvalue weighted by Gasteiger charge is -2.27. The molecule has 1 aliphatic heterocycles. The van der Waals surface area contributed by atoms with Crippen LogP contribution in [0.2, 0.25) is 0 Å². The first-order valence-corrected chi connectivity index (χ1v) is 12.8. The smallest absolute Gasteiger partial charge is 0.226 e. The van der Waals surface area contributed by atoms with Crippen LogP contribution in [-0.2, 0) is 4.79 Å². The standard InChI is InChI=1S/C30H36N2O2/c1-2-7-27-20-28(32(30(27)33)19-6-10-23-8-4-3-5-9-23)22-34-29-17-15-26(16-18-29)25-13-11-24(21-31)12-14-25/h2,11-18,23,27-28H,1,3-10,19-20,22H2/t27-,28+/m1/s1. The van der Waals surface area contributed by atoms with Crippen LogP contribution in [0.4, 0.5) is 0 Å². The molecule has 0 spiro atoms. The van der Waals surface area contributed by atoms with E-state index in [2.05, 4.69) is 17.5 Å². The number of hydrogen-bond acceptors (Lipinski definition) is 3. The molecule has 0 radical (unpaired) electrons. The third-order valence-corrected chi connectivity index (χ3v) is 7.46. The fraction of sp³-hybridized carbons (Fsp3) is 0.467. The Labute approximate surface area is 204 Å². The van der Waals surface area contributed by atoms with Crippen LogP contribution in [0.5, 0.6) is 5.75 Å². The van der Waals surface area contributed by atoms with E-state index in [0.717, 1.165) is 48.6 Å². The number of hydrogen-bond donors (Lipinski definition) is 0. The maximum atomic E-state index is 13.0. The number of rotatable bonds is 10. The van der Waals surface area contributed by atoms with Crippen LogP contribution in [0.25, 0.3) is 11.1 Å². The highest BCUT2D eigenvalue weighted by Crippen LogP contribution is 2.31. The first-order valence-electron chi connectivity index (χ1n) is 12.8. The Bertz CT molecular complexity index is 984. The molecule has 2 atom stereocenters. The molecule has 0 bridgehead atoms. The first-order chi connectivity index (χ1) is 16.7. The molecule has 4 rings (SSSR count). The molecule has 2 aromatic carbocycles. The minimum Gasteiger partial charge on any atom is -0.491 e. The van der Waals surface area contributed by atoms with Gasteiger partial charge in [0.25, 0.3) is 0 Å². The van der Waals surface area contributed by atoms with E-state index in [9.17, 15) is 4.79 Å². The number of ether oxygens (including phenoxy) is 1. The predicted molar refractivity (Wildman–Crippen MR) is 136 cm³/mol. The quantitative estimate of drug-likeness (QED) is 0.371. The van der Waals surface area contributed by atoms with E-state index in [1.807, 2.05) is 54.6 Å². The molecule has 0 aromatic heterocycles. The van der Waals surface area contributed by atoms with Crippen molar-refractivity contribution < 1.29 is 9.53 Å². The van der Waals surface area contributed by atoms with Crippen molar-refractivity contribution in [3.63, 3.8) is 0 Å². The predicted octanol–water partition coefficient (Wildman–Crippen LogP) is 6.76. The van der Waals surface area contributed by atoms with E-state index in [1.54, 1.807) is 0 Å². The highest BCUT2D eigenvalue weighted by Gasteiger charge is 2.38. The van der Waals surface area contributed by atoms with Gasteiger partial charge in [-0.2, -0.15) is 5.26 Å². The third-order valence-electron chi connectivity index (χ3n) is 7.46. The molecule has 1 amide bonds. The lowest BCUT2D eigenvalue weighted by molar-refractivity contribution is -0.132. The summed E-state index contributed by atoms with van der Waals surface area (Å²) in [6, 6.07) is 17.9. The molecule has 0 N–H and O–H groups in total. The molecule has 2 aromatic rings. The molecule has 0 unspecified atom stereocenters. The van der Waals surface area contributed by atoms with Crippen molar-refractivity contribution >= 4 is 5.91 Å². The van der Waals surface area contributed by atoms with Crippen LogP contribution in [-0.4, -0.2) is 30.0 Å². The summed E-state index contributed by atoms with van der Waals surface area (Å²) < 4.78 is 6.16. The first kappa shape index (κ1) is 24.1. The zero-order valence-electron chi connectivity index (χ0n) is 20.1. The van der Waals surface area contributed by atoms with E-state index in [-0.39, 0.29) is 17.9 Å². The van der Waals surface area contributed by atoms with Gasteiger partial charge in [-0.1, -0.05) is 62.4 Å². The number of likely N-dealkylation sites (tertiary alicyclic amines) is 1. The summed E-state index contributed by atoms with van der Waals surface area (Å²) in [5.74, 6) is 1.98. The van der Waals surface area contributed by atoms with Crippen molar-refractivity contribution in [2.75, 3.05) is 13.2 Å².